The minimum absolute atomic E-state index is 0. The van der Waals surface area contributed by atoms with Crippen LogP contribution in [0.5, 0.6) is 0 Å². The van der Waals surface area contributed by atoms with Gasteiger partial charge in [-0.25, -0.2) is 0 Å². The molecule has 0 aliphatic rings. The van der Waals surface area contributed by atoms with Crippen LogP contribution in [0.15, 0.2) is 0 Å². The van der Waals surface area contributed by atoms with Crippen LogP contribution in [0, 0.1) is 0 Å². The molecule has 0 aliphatic heterocycles. The summed E-state index contributed by atoms with van der Waals surface area (Å²) in [7, 11) is 1.21. The van der Waals surface area contributed by atoms with E-state index in [-0.39, 0.29) is 7.43 Å². The van der Waals surface area contributed by atoms with E-state index in [9.17, 15) is 4.39 Å². The molecule has 1 atom stereocenters. The lowest BCUT2D eigenvalue weighted by atomic mass is 10.6. The number of alkyl halides is 1. The molecule has 0 bridgehead atoms. The van der Waals surface area contributed by atoms with Gasteiger partial charge in [-0.15, -0.1) is 0 Å². The van der Waals surface area contributed by atoms with Crippen molar-refractivity contribution in [2.45, 2.75) is 20.3 Å². The molecule has 0 saturated carbocycles. The number of hydrogen-bond donors (Lipinski definition) is 1. The average Bonchev–Trinajstić information content (AvgIpc) is 1.35. The van der Waals surface area contributed by atoms with Crippen LogP contribution in [0.2, 0.25) is 0 Å². The first kappa shape index (κ1) is 9.97. The molecule has 0 saturated heterocycles. The molecular formula is C4H12FNO. The highest BCUT2D eigenvalue weighted by Gasteiger charge is 2.11. The van der Waals surface area contributed by atoms with E-state index in [4.69, 9.17) is 0 Å². The Hall–Kier alpha value is -0.150. The first-order chi connectivity index (χ1) is 2.56. The minimum atomic E-state index is -1.96. The largest absolute Gasteiger partial charge is 0.338 e. The van der Waals surface area contributed by atoms with Crippen LogP contribution in [0.3, 0.4) is 0 Å². The van der Waals surface area contributed by atoms with Gasteiger partial charge >= 0.3 is 0 Å². The van der Waals surface area contributed by atoms with Crippen molar-refractivity contribution in [1.82, 2.24) is 0 Å². The van der Waals surface area contributed by atoms with Gasteiger partial charge in [0, 0.05) is 14.0 Å². The summed E-state index contributed by atoms with van der Waals surface area (Å²) in [6, 6.07) is 0. The Kier molecular flexibility index (Phi) is 4.18. The van der Waals surface area contributed by atoms with Crippen molar-refractivity contribution < 1.29 is 9.13 Å². The van der Waals surface area contributed by atoms with Gasteiger partial charge in [-0.3, -0.25) is 5.73 Å². The van der Waals surface area contributed by atoms with E-state index in [2.05, 4.69) is 10.5 Å². The van der Waals surface area contributed by atoms with Crippen LogP contribution in [0.4, 0.5) is 4.39 Å². The van der Waals surface area contributed by atoms with Gasteiger partial charge in [0.25, 0.3) is 5.98 Å². The summed E-state index contributed by atoms with van der Waals surface area (Å²) in [6.45, 7) is 1.13. The molecular weight excluding hydrogens is 97.0 g/mol. The Morgan fingerprint density at radius 2 is 1.86 bits per heavy atom. The van der Waals surface area contributed by atoms with Crippen molar-refractivity contribution in [2.24, 2.45) is 5.73 Å². The van der Waals surface area contributed by atoms with E-state index in [1.165, 1.54) is 7.11 Å². The van der Waals surface area contributed by atoms with Crippen molar-refractivity contribution in [3.8, 4) is 0 Å². The van der Waals surface area contributed by atoms with Gasteiger partial charge in [0.1, 0.15) is 0 Å². The second-order valence-corrected chi connectivity index (χ2v) is 1.19. The second-order valence-electron chi connectivity index (χ2n) is 1.19. The van der Waals surface area contributed by atoms with E-state index >= 15 is 0 Å². The molecule has 0 amide bonds. The van der Waals surface area contributed by atoms with E-state index < -0.39 is 5.98 Å². The van der Waals surface area contributed by atoms with E-state index in [1.807, 2.05) is 0 Å². The number of hydrogen-bond acceptors (Lipinski definition) is 2. The van der Waals surface area contributed by atoms with Crippen LogP contribution in [0.1, 0.15) is 14.4 Å². The van der Waals surface area contributed by atoms with Crippen molar-refractivity contribution in [1.29, 1.82) is 0 Å². The molecule has 0 aliphatic carbocycles. The van der Waals surface area contributed by atoms with Crippen molar-refractivity contribution in [2.75, 3.05) is 7.11 Å². The van der Waals surface area contributed by atoms with Crippen molar-refractivity contribution in [3.63, 3.8) is 0 Å². The molecule has 1 unspecified atom stereocenters. The molecule has 0 rings (SSSR count). The summed E-state index contributed by atoms with van der Waals surface area (Å²) in [5, 5.41) is 0. The molecule has 2 N–H and O–H groups in total. The zero-order valence-corrected chi connectivity index (χ0v) is 3.86. The van der Waals surface area contributed by atoms with E-state index in [1.54, 1.807) is 0 Å². The van der Waals surface area contributed by atoms with Gasteiger partial charge < -0.3 is 4.74 Å². The summed E-state index contributed by atoms with van der Waals surface area (Å²) >= 11 is 0. The highest BCUT2D eigenvalue weighted by Crippen LogP contribution is 1.97. The third kappa shape index (κ3) is 10.7. The standard InChI is InChI=1S/C3H8FNO.CH4/c1-3(4,5)6-2;/h5H2,1-2H3;1H4. The van der Waals surface area contributed by atoms with Crippen LogP contribution in [-0.4, -0.2) is 13.1 Å². The molecule has 0 radical (unpaired) electrons. The Morgan fingerprint density at radius 1 is 1.71 bits per heavy atom. The third-order valence-electron chi connectivity index (χ3n) is 0.399. The lowest BCUT2D eigenvalue weighted by molar-refractivity contribution is -0.0994. The topological polar surface area (TPSA) is 35.2 Å². The fraction of sp³-hybridized carbons (Fsp3) is 1.00. The fourth-order valence-corrected chi connectivity index (χ4v) is 0. The van der Waals surface area contributed by atoms with Crippen molar-refractivity contribution in [3.05, 3.63) is 0 Å². The highest BCUT2D eigenvalue weighted by atomic mass is 19.2. The molecule has 0 heterocycles. The number of methoxy groups -OCH3 is 1. The van der Waals surface area contributed by atoms with Gasteiger partial charge in [0.2, 0.25) is 0 Å². The quantitative estimate of drug-likeness (QED) is 0.400. The minimum Gasteiger partial charge on any atom is -0.338 e. The summed E-state index contributed by atoms with van der Waals surface area (Å²) in [5.74, 6) is -1.96. The van der Waals surface area contributed by atoms with E-state index in [0.717, 1.165) is 6.92 Å². The van der Waals surface area contributed by atoms with Gasteiger partial charge in [0.15, 0.2) is 0 Å². The summed E-state index contributed by atoms with van der Waals surface area (Å²) in [6.07, 6.45) is 0. The predicted octanol–water partition coefficient (Wildman–Crippen LogP) is 0.871. The highest BCUT2D eigenvalue weighted by molar-refractivity contribution is 4.40. The lowest BCUT2D eigenvalue weighted by Gasteiger charge is -2.08. The second kappa shape index (κ2) is 2.93. The Morgan fingerprint density at radius 3 is 1.86 bits per heavy atom. The zero-order valence-electron chi connectivity index (χ0n) is 3.86. The number of halogens is 1. The molecule has 2 nitrogen and oxygen atoms in total. The maximum Gasteiger partial charge on any atom is 0.260 e. The molecule has 0 aromatic heterocycles. The van der Waals surface area contributed by atoms with Crippen molar-refractivity contribution >= 4 is 0 Å². The van der Waals surface area contributed by atoms with Crippen LogP contribution in [0.25, 0.3) is 0 Å². The molecule has 3 heteroatoms. The Balaban J connectivity index is 0. The summed E-state index contributed by atoms with van der Waals surface area (Å²) in [4.78, 5) is 0. The monoisotopic (exact) mass is 109 g/mol. The van der Waals surface area contributed by atoms with Crippen LogP contribution in [-0.2, 0) is 4.74 Å². The smallest absolute Gasteiger partial charge is 0.260 e. The fourth-order valence-electron chi connectivity index (χ4n) is 0. The van der Waals surface area contributed by atoms with Gasteiger partial charge in [-0.2, -0.15) is 4.39 Å². The third-order valence-corrected chi connectivity index (χ3v) is 0.399. The maximum absolute atomic E-state index is 11.7. The Bertz CT molecular complexity index is 41.4. The molecule has 0 spiro atoms. The molecule has 7 heavy (non-hydrogen) atoms. The molecule has 0 fully saturated rings. The average molecular weight is 109 g/mol. The number of rotatable bonds is 1. The van der Waals surface area contributed by atoms with Crippen LogP contribution < -0.4 is 5.73 Å². The van der Waals surface area contributed by atoms with E-state index in [0.29, 0.717) is 0 Å². The molecule has 46 valence electrons. The lowest BCUT2D eigenvalue weighted by Crippen LogP contribution is -2.31. The number of nitrogens with two attached hydrogens (primary N) is 1. The first-order valence-electron chi connectivity index (χ1n) is 1.59. The molecule has 0 aromatic rings. The SMILES string of the molecule is C.COC(C)(N)F. The zero-order chi connectivity index (χ0) is 5.21. The van der Waals surface area contributed by atoms with Gasteiger partial charge in [-0.05, 0) is 0 Å². The van der Waals surface area contributed by atoms with Gasteiger partial charge in [-0.1, -0.05) is 7.43 Å². The summed E-state index contributed by atoms with van der Waals surface area (Å²) < 4.78 is 15.7. The van der Waals surface area contributed by atoms with Crippen LogP contribution >= 0.6 is 0 Å². The van der Waals surface area contributed by atoms with Gasteiger partial charge in [0.05, 0.1) is 0 Å². The Labute approximate surface area is 43.5 Å². The normalized spacial score (nSPS) is 17.1. The maximum atomic E-state index is 11.7. The molecule has 0 aromatic carbocycles. The summed E-state index contributed by atoms with van der Waals surface area (Å²) in [5.41, 5.74) is 4.65. The number of ether oxygens (including phenoxy) is 1. The first-order valence-corrected chi connectivity index (χ1v) is 1.59. The predicted molar refractivity (Wildman–Crippen MR) is 27.4 cm³/mol.